The Balaban J connectivity index is 1.55. The number of carboxylic acids is 1. The number of carboxylic acid groups (broad SMARTS) is 1. The number of ether oxygens (including phenoxy) is 1. The van der Waals surface area contributed by atoms with Gasteiger partial charge in [0.1, 0.15) is 5.75 Å². The fraction of sp³-hybridized carbons (Fsp3) is 0.160. The van der Waals surface area contributed by atoms with Gasteiger partial charge in [0.25, 0.3) is 0 Å². The Labute approximate surface area is 185 Å². The summed E-state index contributed by atoms with van der Waals surface area (Å²) in [5, 5.41) is 12.3. The van der Waals surface area contributed by atoms with Gasteiger partial charge in [0, 0.05) is 5.69 Å². The van der Waals surface area contributed by atoms with E-state index in [4.69, 9.17) is 4.74 Å². The summed E-state index contributed by atoms with van der Waals surface area (Å²) in [5.74, 6) is -0.330. The zero-order valence-corrected chi connectivity index (χ0v) is 17.6. The maximum absolute atomic E-state index is 12.5. The molecule has 1 aromatic heterocycles. The van der Waals surface area contributed by atoms with E-state index in [1.807, 2.05) is 65.2 Å². The van der Waals surface area contributed by atoms with Gasteiger partial charge in [0.15, 0.2) is 0 Å². The van der Waals surface area contributed by atoms with Crippen molar-refractivity contribution in [3.8, 4) is 5.75 Å². The molecule has 0 radical (unpaired) electrons. The predicted octanol–water partition coefficient (Wildman–Crippen LogP) is 4.29. The lowest BCUT2D eigenvalue weighted by molar-refractivity contribution is -0.137. The predicted molar refractivity (Wildman–Crippen MR) is 122 cm³/mol. The SMILES string of the molecule is COc1cccc(CC(=O)Nc2ccc3c(c2)ncn3C(CC(=O)O)c2ccccc2)c1. The quantitative estimate of drug-likeness (QED) is 0.436. The number of fused-ring (bicyclic) bond motifs is 1. The van der Waals surface area contributed by atoms with Crippen LogP contribution < -0.4 is 10.1 Å². The van der Waals surface area contributed by atoms with Crippen molar-refractivity contribution >= 4 is 28.6 Å². The highest BCUT2D eigenvalue weighted by atomic mass is 16.5. The lowest BCUT2D eigenvalue weighted by atomic mass is 10.0. The van der Waals surface area contributed by atoms with Gasteiger partial charge in [-0.15, -0.1) is 0 Å². The molecule has 32 heavy (non-hydrogen) atoms. The normalized spacial score (nSPS) is 11.8. The molecule has 0 aliphatic heterocycles. The van der Waals surface area contributed by atoms with Gasteiger partial charge in [-0.25, -0.2) is 4.98 Å². The topological polar surface area (TPSA) is 93.5 Å². The van der Waals surface area contributed by atoms with Gasteiger partial charge in [-0.1, -0.05) is 42.5 Å². The third-order valence-corrected chi connectivity index (χ3v) is 5.25. The molecule has 1 heterocycles. The first-order valence-electron chi connectivity index (χ1n) is 10.2. The second-order valence-electron chi connectivity index (χ2n) is 7.46. The van der Waals surface area contributed by atoms with Crippen LogP contribution in [0.4, 0.5) is 5.69 Å². The number of amides is 1. The standard InChI is InChI=1S/C25H23N3O4/c1-32-20-9-5-6-17(12-20)13-24(29)27-19-10-11-22-21(14-19)26-16-28(22)23(15-25(30)31)18-7-3-2-4-8-18/h2-12,14,16,23H,13,15H2,1H3,(H,27,29)(H,30,31). The van der Waals surface area contributed by atoms with Gasteiger partial charge in [-0.2, -0.15) is 0 Å². The van der Waals surface area contributed by atoms with E-state index in [2.05, 4.69) is 10.3 Å². The monoisotopic (exact) mass is 429 g/mol. The maximum Gasteiger partial charge on any atom is 0.305 e. The number of anilines is 1. The first-order valence-corrected chi connectivity index (χ1v) is 10.2. The van der Waals surface area contributed by atoms with E-state index >= 15 is 0 Å². The summed E-state index contributed by atoms with van der Waals surface area (Å²) in [6.07, 6.45) is 1.81. The summed E-state index contributed by atoms with van der Waals surface area (Å²) < 4.78 is 7.06. The summed E-state index contributed by atoms with van der Waals surface area (Å²) >= 11 is 0. The van der Waals surface area contributed by atoms with Crippen molar-refractivity contribution in [3.63, 3.8) is 0 Å². The molecule has 2 N–H and O–H groups in total. The van der Waals surface area contributed by atoms with Crippen molar-refractivity contribution in [1.82, 2.24) is 9.55 Å². The smallest absolute Gasteiger partial charge is 0.305 e. The van der Waals surface area contributed by atoms with Crippen LogP contribution in [0.3, 0.4) is 0 Å². The highest BCUT2D eigenvalue weighted by molar-refractivity contribution is 5.94. The number of nitrogens with one attached hydrogen (secondary N) is 1. The van der Waals surface area contributed by atoms with Crippen LogP contribution in [0.1, 0.15) is 23.6 Å². The molecular formula is C25H23N3O4. The zero-order valence-electron chi connectivity index (χ0n) is 17.6. The third-order valence-electron chi connectivity index (χ3n) is 5.25. The lowest BCUT2D eigenvalue weighted by Gasteiger charge is -2.18. The minimum Gasteiger partial charge on any atom is -0.497 e. The molecule has 162 valence electrons. The van der Waals surface area contributed by atoms with Crippen LogP contribution in [0.25, 0.3) is 11.0 Å². The van der Waals surface area contributed by atoms with Crippen molar-refractivity contribution < 1.29 is 19.4 Å². The number of rotatable bonds is 8. The first kappa shape index (κ1) is 21.1. The highest BCUT2D eigenvalue weighted by Gasteiger charge is 2.20. The van der Waals surface area contributed by atoms with Crippen LogP contribution in [-0.2, 0) is 16.0 Å². The van der Waals surface area contributed by atoms with Gasteiger partial charge < -0.3 is 19.7 Å². The van der Waals surface area contributed by atoms with Gasteiger partial charge in [0.05, 0.1) is 43.4 Å². The fourth-order valence-electron chi connectivity index (χ4n) is 3.75. The Morgan fingerprint density at radius 1 is 1.06 bits per heavy atom. The first-order chi connectivity index (χ1) is 15.5. The number of benzene rings is 3. The molecule has 0 saturated carbocycles. The second-order valence-corrected chi connectivity index (χ2v) is 7.46. The van der Waals surface area contributed by atoms with E-state index < -0.39 is 5.97 Å². The van der Waals surface area contributed by atoms with Crippen molar-refractivity contribution in [3.05, 3.63) is 90.3 Å². The lowest BCUT2D eigenvalue weighted by Crippen LogP contribution is -2.15. The van der Waals surface area contributed by atoms with Crippen LogP contribution in [0.5, 0.6) is 5.75 Å². The minimum absolute atomic E-state index is 0.0610. The number of imidazole rings is 1. The van der Waals surface area contributed by atoms with Crippen LogP contribution in [-0.4, -0.2) is 33.6 Å². The van der Waals surface area contributed by atoms with Crippen LogP contribution in [0.15, 0.2) is 79.1 Å². The molecule has 0 spiro atoms. The molecule has 7 nitrogen and oxygen atoms in total. The molecule has 4 aromatic rings. The van der Waals surface area contributed by atoms with Gasteiger partial charge in [-0.3, -0.25) is 9.59 Å². The number of carbonyl (C=O) groups excluding carboxylic acids is 1. The average molecular weight is 429 g/mol. The number of methoxy groups -OCH3 is 1. The van der Waals surface area contributed by atoms with Crippen molar-refractivity contribution in [2.75, 3.05) is 12.4 Å². The Hall–Kier alpha value is -4.13. The Bertz CT molecular complexity index is 1250. The van der Waals surface area contributed by atoms with Crippen molar-refractivity contribution in [2.24, 2.45) is 0 Å². The third kappa shape index (κ3) is 4.78. The van der Waals surface area contributed by atoms with E-state index in [0.717, 1.165) is 16.6 Å². The minimum atomic E-state index is -0.887. The van der Waals surface area contributed by atoms with Gasteiger partial charge in [0.2, 0.25) is 5.91 Å². The number of nitrogens with zero attached hydrogens (tertiary/aromatic N) is 2. The molecule has 1 unspecified atom stereocenters. The maximum atomic E-state index is 12.5. The van der Waals surface area contributed by atoms with Crippen LogP contribution in [0.2, 0.25) is 0 Å². The molecular weight excluding hydrogens is 406 g/mol. The Kier molecular flexibility index (Phi) is 6.17. The average Bonchev–Trinajstić information content (AvgIpc) is 3.21. The molecule has 4 rings (SSSR count). The summed E-state index contributed by atoms with van der Waals surface area (Å²) in [7, 11) is 1.59. The second kappa shape index (κ2) is 9.34. The summed E-state index contributed by atoms with van der Waals surface area (Å²) in [4.78, 5) is 28.4. The fourth-order valence-corrected chi connectivity index (χ4v) is 3.75. The van der Waals surface area contributed by atoms with E-state index in [0.29, 0.717) is 17.0 Å². The summed E-state index contributed by atoms with van der Waals surface area (Å²) in [6, 6.07) is 21.9. The van der Waals surface area contributed by atoms with E-state index in [1.54, 1.807) is 25.6 Å². The zero-order chi connectivity index (χ0) is 22.5. The van der Waals surface area contributed by atoms with Gasteiger partial charge >= 0.3 is 5.97 Å². The number of aromatic nitrogens is 2. The molecule has 0 saturated heterocycles. The number of aliphatic carboxylic acids is 1. The number of hydrogen-bond donors (Lipinski definition) is 2. The van der Waals surface area contributed by atoms with Crippen molar-refractivity contribution in [1.29, 1.82) is 0 Å². The number of hydrogen-bond acceptors (Lipinski definition) is 4. The van der Waals surface area contributed by atoms with Crippen molar-refractivity contribution in [2.45, 2.75) is 18.9 Å². The molecule has 3 aromatic carbocycles. The molecule has 1 amide bonds. The summed E-state index contributed by atoms with van der Waals surface area (Å²) in [5.41, 5.74) is 3.85. The molecule has 0 bridgehead atoms. The Morgan fingerprint density at radius 2 is 1.88 bits per heavy atom. The Morgan fingerprint density at radius 3 is 2.62 bits per heavy atom. The molecule has 0 aliphatic rings. The number of carbonyl (C=O) groups is 2. The molecule has 0 fully saturated rings. The molecule has 7 heteroatoms. The largest absolute Gasteiger partial charge is 0.497 e. The molecule has 1 atom stereocenters. The van der Waals surface area contributed by atoms with E-state index in [1.165, 1.54) is 0 Å². The van der Waals surface area contributed by atoms with Crippen LogP contribution in [0, 0.1) is 0 Å². The van der Waals surface area contributed by atoms with Crippen LogP contribution >= 0.6 is 0 Å². The highest BCUT2D eigenvalue weighted by Crippen LogP contribution is 2.28. The van der Waals surface area contributed by atoms with E-state index in [-0.39, 0.29) is 24.8 Å². The molecule has 0 aliphatic carbocycles. The van der Waals surface area contributed by atoms with E-state index in [9.17, 15) is 14.7 Å². The summed E-state index contributed by atoms with van der Waals surface area (Å²) in [6.45, 7) is 0. The van der Waals surface area contributed by atoms with Gasteiger partial charge in [-0.05, 0) is 41.5 Å².